The van der Waals surface area contributed by atoms with E-state index in [-0.39, 0.29) is 12.3 Å². The third kappa shape index (κ3) is 4.22. The third-order valence-corrected chi connectivity index (χ3v) is 4.20. The first-order chi connectivity index (χ1) is 11.1. The average Bonchev–Trinajstić information content (AvgIpc) is 2.96. The number of halogens is 2. The first-order valence-electron chi connectivity index (χ1n) is 7.19. The zero-order chi connectivity index (χ0) is 16.2. The zero-order valence-corrected chi connectivity index (χ0v) is 13.0. The van der Waals surface area contributed by atoms with Crippen molar-refractivity contribution < 1.29 is 18.3 Å². The fourth-order valence-corrected chi connectivity index (χ4v) is 2.96. The molecule has 0 spiro atoms. The summed E-state index contributed by atoms with van der Waals surface area (Å²) in [5, 5.41) is 2.77. The van der Waals surface area contributed by atoms with Gasteiger partial charge >= 0.3 is 0 Å². The Morgan fingerprint density at radius 3 is 2.74 bits per heavy atom. The number of carbonyl (C=O) groups excluding carboxylic acids is 1. The van der Waals surface area contributed by atoms with E-state index in [1.54, 1.807) is 24.3 Å². The number of hydrogen-bond donors (Lipinski definition) is 1. The highest BCUT2D eigenvalue weighted by molar-refractivity contribution is 7.99. The van der Waals surface area contributed by atoms with Crippen molar-refractivity contribution in [3.05, 3.63) is 53.6 Å². The Hall–Kier alpha value is -2.08. The van der Waals surface area contributed by atoms with Gasteiger partial charge in [-0.25, -0.2) is 0 Å². The molecule has 0 aromatic heterocycles. The maximum absolute atomic E-state index is 12.3. The van der Waals surface area contributed by atoms with Gasteiger partial charge in [-0.2, -0.15) is 8.78 Å². The number of anilines is 1. The lowest BCUT2D eigenvalue weighted by molar-refractivity contribution is -0.115. The fourth-order valence-electron chi connectivity index (χ4n) is 2.46. The van der Waals surface area contributed by atoms with Gasteiger partial charge in [-0.05, 0) is 41.5 Å². The Kier molecular flexibility index (Phi) is 4.81. The highest BCUT2D eigenvalue weighted by Crippen LogP contribution is 2.27. The summed E-state index contributed by atoms with van der Waals surface area (Å²) in [7, 11) is 0. The van der Waals surface area contributed by atoms with E-state index in [1.165, 1.54) is 0 Å². The summed E-state index contributed by atoms with van der Waals surface area (Å²) in [6.45, 7) is 0.688. The summed E-state index contributed by atoms with van der Waals surface area (Å²) in [6, 6.07) is 12.1. The predicted octanol–water partition coefficient (Wildman–Crippen LogP) is 4.12. The molecule has 3 nitrogen and oxygen atoms in total. The van der Waals surface area contributed by atoms with Crippen LogP contribution in [0.1, 0.15) is 11.1 Å². The highest BCUT2D eigenvalue weighted by atomic mass is 32.2. The van der Waals surface area contributed by atoms with Crippen LogP contribution in [0.2, 0.25) is 0 Å². The number of fused-ring (bicyclic) bond motifs is 1. The molecule has 1 amide bonds. The molecule has 6 heteroatoms. The standard InChI is InChI=1S/C17H15F2NO2S/c18-17(19)23-14-4-2-13(3-5-14)20-16(21)10-11-1-6-15-12(9-11)7-8-22-15/h1-6,9,17H,7-8,10H2,(H,20,21). The molecule has 2 aromatic carbocycles. The molecule has 1 aliphatic heterocycles. The maximum Gasteiger partial charge on any atom is 0.288 e. The Balaban J connectivity index is 1.58. The van der Waals surface area contributed by atoms with E-state index in [0.717, 1.165) is 23.3 Å². The zero-order valence-electron chi connectivity index (χ0n) is 12.2. The fraction of sp³-hybridized carbons (Fsp3) is 0.235. The molecule has 0 saturated heterocycles. The van der Waals surface area contributed by atoms with Gasteiger partial charge in [-0.15, -0.1) is 0 Å². The van der Waals surface area contributed by atoms with Gasteiger partial charge < -0.3 is 10.1 Å². The van der Waals surface area contributed by atoms with Crippen LogP contribution in [0, 0.1) is 0 Å². The molecule has 2 aromatic rings. The van der Waals surface area contributed by atoms with Crippen LogP contribution in [0.5, 0.6) is 5.75 Å². The Morgan fingerprint density at radius 1 is 1.22 bits per heavy atom. The molecular weight excluding hydrogens is 320 g/mol. The smallest absolute Gasteiger partial charge is 0.288 e. The lowest BCUT2D eigenvalue weighted by atomic mass is 10.1. The van der Waals surface area contributed by atoms with Crippen molar-refractivity contribution >= 4 is 23.4 Å². The highest BCUT2D eigenvalue weighted by Gasteiger charge is 2.13. The second-order valence-corrected chi connectivity index (χ2v) is 6.23. The van der Waals surface area contributed by atoms with Crippen molar-refractivity contribution in [1.29, 1.82) is 0 Å². The van der Waals surface area contributed by atoms with Crippen LogP contribution in [0.25, 0.3) is 0 Å². The lowest BCUT2D eigenvalue weighted by Gasteiger charge is -2.07. The number of rotatable bonds is 5. The molecular formula is C17H15F2NO2S. The van der Waals surface area contributed by atoms with Gasteiger partial charge in [0.1, 0.15) is 5.75 Å². The molecule has 1 aliphatic rings. The van der Waals surface area contributed by atoms with Crippen LogP contribution < -0.4 is 10.1 Å². The first-order valence-corrected chi connectivity index (χ1v) is 8.07. The number of hydrogen-bond acceptors (Lipinski definition) is 3. The van der Waals surface area contributed by atoms with Crippen molar-refractivity contribution in [2.24, 2.45) is 0 Å². The largest absolute Gasteiger partial charge is 0.493 e. The summed E-state index contributed by atoms with van der Waals surface area (Å²) < 4.78 is 29.9. The summed E-state index contributed by atoms with van der Waals surface area (Å²) in [4.78, 5) is 12.5. The van der Waals surface area contributed by atoms with E-state index in [2.05, 4.69) is 5.32 Å². The third-order valence-electron chi connectivity index (χ3n) is 3.48. The Bertz CT molecular complexity index is 704. The van der Waals surface area contributed by atoms with E-state index >= 15 is 0 Å². The number of carbonyl (C=O) groups is 1. The number of amides is 1. The van der Waals surface area contributed by atoms with Gasteiger partial charge in [0.2, 0.25) is 5.91 Å². The van der Waals surface area contributed by atoms with Gasteiger partial charge in [-0.3, -0.25) is 4.79 Å². The van der Waals surface area contributed by atoms with Crippen LogP contribution >= 0.6 is 11.8 Å². The molecule has 1 N–H and O–H groups in total. The van der Waals surface area contributed by atoms with E-state index in [9.17, 15) is 13.6 Å². The molecule has 0 fully saturated rings. The van der Waals surface area contributed by atoms with Crippen LogP contribution in [0.3, 0.4) is 0 Å². The van der Waals surface area contributed by atoms with Crippen LogP contribution in [0.15, 0.2) is 47.4 Å². The van der Waals surface area contributed by atoms with Crippen molar-refractivity contribution in [3.63, 3.8) is 0 Å². The molecule has 0 saturated carbocycles. The first kappa shape index (κ1) is 15.8. The lowest BCUT2D eigenvalue weighted by Crippen LogP contribution is -2.14. The molecule has 0 bridgehead atoms. The number of benzene rings is 2. The van der Waals surface area contributed by atoms with E-state index in [1.807, 2.05) is 18.2 Å². The normalized spacial score (nSPS) is 12.8. The Labute approximate surface area is 137 Å². The minimum atomic E-state index is -2.45. The van der Waals surface area contributed by atoms with E-state index in [4.69, 9.17) is 4.74 Å². The monoisotopic (exact) mass is 335 g/mol. The molecule has 0 atom stereocenters. The summed E-state index contributed by atoms with van der Waals surface area (Å²) in [6.07, 6.45) is 1.13. The molecule has 0 unspecified atom stereocenters. The minimum Gasteiger partial charge on any atom is -0.493 e. The number of ether oxygens (including phenoxy) is 1. The summed E-state index contributed by atoms with van der Waals surface area (Å²) in [5.41, 5.74) is 2.65. The maximum atomic E-state index is 12.3. The van der Waals surface area contributed by atoms with Crippen molar-refractivity contribution in [3.8, 4) is 5.75 Å². The molecule has 120 valence electrons. The molecule has 0 aliphatic carbocycles. The quantitative estimate of drug-likeness (QED) is 0.836. The number of thioether (sulfide) groups is 1. The SMILES string of the molecule is O=C(Cc1ccc2c(c1)CCO2)Nc1ccc(SC(F)F)cc1. The van der Waals surface area contributed by atoms with Crippen molar-refractivity contribution in [2.75, 3.05) is 11.9 Å². The number of nitrogens with one attached hydrogen (secondary N) is 1. The predicted molar refractivity (Wildman–Crippen MR) is 86.3 cm³/mol. The van der Waals surface area contributed by atoms with Crippen LogP contribution in [-0.4, -0.2) is 18.3 Å². The van der Waals surface area contributed by atoms with E-state index < -0.39 is 5.76 Å². The van der Waals surface area contributed by atoms with Gasteiger partial charge in [0, 0.05) is 17.0 Å². The summed E-state index contributed by atoms with van der Waals surface area (Å²) >= 11 is 0.482. The minimum absolute atomic E-state index is 0.141. The van der Waals surface area contributed by atoms with Gasteiger partial charge in [0.25, 0.3) is 5.76 Å². The summed E-state index contributed by atoms with van der Waals surface area (Å²) in [5.74, 6) is -1.70. The average molecular weight is 335 g/mol. The van der Waals surface area contributed by atoms with Gasteiger partial charge in [-0.1, -0.05) is 23.9 Å². The Morgan fingerprint density at radius 2 is 2.00 bits per heavy atom. The van der Waals surface area contributed by atoms with Crippen LogP contribution in [0.4, 0.5) is 14.5 Å². The topological polar surface area (TPSA) is 38.3 Å². The van der Waals surface area contributed by atoms with Gasteiger partial charge in [0.15, 0.2) is 0 Å². The van der Waals surface area contributed by atoms with Crippen LogP contribution in [-0.2, 0) is 17.6 Å². The second kappa shape index (κ2) is 7.00. The van der Waals surface area contributed by atoms with Crippen molar-refractivity contribution in [1.82, 2.24) is 0 Å². The van der Waals surface area contributed by atoms with Gasteiger partial charge in [0.05, 0.1) is 13.0 Å². The molecule has 1 heterocycles. The number of alkyl halides is 2. The van der Waals surface area contributed by atoms with E-state index in [0.29, 0.717) is 29.0 Å². The second-order valence-electron chi connectivity index (χ2n) is 5.17. The molecule has 23 heavy (non-hydrogen) atoms. The molecule has 0 radical (unpaired) electrons. The van der Waals surface area contributed by atoms with Crippen molar-refractivity contribution in [2.45, 2.75) is 23.5 Å². The molecule has 3 rings (SSSR count).